The van der Waals surface area contributed by atoms with Crippen molar-refractivity contribution in [1.82, 2.24) is 0 Å². The van der Waals surface area contributed by atoms with Crippen molar-refractivity contribution in [2.45, 2.75) is 25.0 Å². The van der Waals surface area contributed by atoms with Gasteiger partial charge in [0.2, 0.25) is 0 Å². The number of carbonyl (C=O) groups excluding carboxylic acids is 1. The van der Waals surface area contributed by atoms with Crippen molar-refractivity contribution >= 4 is 16.7 Å². The van der Waals surface area contributed by atoms with Crippen LogP contribution in [0.1, 0.15) is 57.7 Å². The van der Waals surface area contributed by atoms with Crippen LogP contribution >= 0.6 is 0 Å². The fourth-order valence-corrected chi connectivity index (χ4v) is 3.48. The number of fused-ring (bicyclic) bond motifs is 1. The zero-order valence-electron chi connectivity index (χ0n) is 17.6. The van der Waals surface area contributed by atoms with Crippen LogP contribution in [0.2, 0.25) is 0 Å². The quantitative estimate of drug-likeness (QED) is 0.479. The Bertz CT molecular complexity index is 1290. The molecule has 0 saturated heterocycles. The van der Waals surface area contributed by atoms with Crippen LogP contribution in [0.4, 0.5) is 0 Å². The molecule has 2 unspecified atom stereocenters. The van der Waals surface area contributed by atoms with Gasteiger partial charge in [-0.1, -0.05) is 54.3 Å². The van der Waals surface area contributed by atoms with E-state index in [2.05, 4.69) is 23.7 Å². The Morgan fingerprint density at radius 1 is 0.938 bits per heavy atom. The Hall–Kier alpha value is -4.01. The van der Waals surface area contributed by atoms with Gasteiger partial charge in [-0.25, -0.2) is 4.79 Å². The molecule has 0 amide bonds. The highest BCUT2D eigenvalue weighted by Gasteiger charge is 2.16. The summed E-state index contributed by atoms with van der Waals surface area (Å²) < 4.78 is 4.80. The van der Waals surface area contributed by atoms with E-state index in [1.54, 1.807) is 18.2 Å². The molecular formula is C28H22O4. The molecule has 0 heterocycles. The van der Waals surface area contributed by atoms with Gasteiger partial charge in [-0.3, -0.25) is 0 Å². The number of aliphatic hydroxyl groups is 2. The van der Waals surface area contributed by atoms with E-state index in [4.69, 9.17) is 17.6 Å². The number of esters is 1. The standard InChI is InChI=1S/C28H22O4/c1-4-8-26(29)23-15-14-21(28(31)32-3)18-20(23)13-16-24-22-11-7-6-10-19(22)12-17-25(24)27(30)9-5-2/h1-2,6-7,10-12,14-15,17-18,26-27,29-30H,8-9H2,3H3. The summed E-state index contributed by atoms with van der Waals surface area (Å²) in [5.74, 6) is 10.6. The van der Waals surface area contributed by atoms with Gasteiger partial charge in [-0.2, -0.15) is 0 Å². The molecule has 158 valence electrons. The number of hydrogen-bond acceptors (Lipinski definition) is 4. The number of aliphatic hydroxyl groups excluding tert-OH is 2. The highest BCUT2D eigenvalue weighted by molar-refractivity contribution is 5.91. The summed E-state index contributed by atoms with van der Waals surface area (Å²) in [6, 6.07) is 16.2. The van der Waals surface area contributed by atoms with Gasteiger partial charge in [0.05, 0.1) is 24.9 Å². The van der Waals surface area contributed by atoms with Crippen LogP contribution in [-0.4, -0.2) is 23.3 Å². The maximum Gasteiger partial charge on any atom is 0.337 e. The van der Waals surface area contributed by atoms with Gasteiger partial charge in [0.1, 0.15) is 0 Å². The first-order valence-electron chi connectivity index (χ1n) is 9.99. The van der Waals surface area contributed by atoms with Crippen LogP contribution < -0.4 is 0 Å². The number of hydrogen-bond donors (Lipinski definition) is 2. The molecule has 2 atom stereocenters. The molecule has 0 aliphatic rings. The zero-order chi connectivity index (χ0) is 23.1. The second-order valence-corrected chi connectivity index (χ2v) is 7.14. The summed E-state index contributed by atoms with van der Waals surface area (Å²) in [6.07, 6.45) is 9.21. The fraction of sp³-hybridized carbons (Fsp3) is 0.179. The number of ether oxygens (including phenoxy) is 1. The van der Waals surface area contributed by atoms with Crippen LogP contribution in [0, 0.1) is 36.5 Å². The SMILES string of the molecule is C#CCC(O)c1ccc(C(=O)OC)cc1C#Cc1c(C(O)CC#C)ccc2ccccc12. The summed E-state index contributed by atoms with van der Waals surface area (Å²) >= 11 is 0. The average molecular weight is 422 g/mol. The van der Waals surface area contributed by atoms with Crippen molar-refractivity contribution in [1.29, 1.82) is 0 Å². The number of rotatable bonds is 5. The minimum atomic E-state index is -0.935. The summed E-state index contributed by atoms with van der Waals surface area (Å²) in [5.41, 5.74) is 2.50. The zero-order valence-corrected chi connectivity index (χ0v) is 17.6. The van der Waals surface area contributed by atoms with Gasteiger partial charge in [0.15, 0.2) is 0 Å². The lowest BCUT2D eigenvalue weighted by atomic mass is 9.93. The molecule has 0 saturated carbocycles. The van der Waals surface area contributed by atoms with E-state index >= 15 is 0 Å². The Labute approximate surface area is 187 Å². The lowest BCUT2D eigenvalue weighted by molar-refractivity contribution is 0.0600. The monoisotopic (exact) mass is 422 g/mol. The highest BCUT2D eigenvalue weighted by Crippen LogP contribution is 2.28. The van der Waals surface area contributed by atoms with Crippen LogP contribution in [0.3, 0.4) is 0 Å². The van der Waals surface area contributed by atoms with E-state index in [1.807, 2.05) is 36.4 Å². The van der Waals surface area contributed by atoms with Gasteiger partial charge in [-0.05, 0) is 34.0 Å². The first-order chi connectivity index (χ1) is 15.5. The van der Waals surface area contributed by atoms with Crippen molar-refractivity contribution in [3.05, 3.63) is 82.4 Å². The molecule has 32 heavy (non-hydrogen) atoms. The third kappa shape index (κ3) is 4.83. The second kappa shape index (κ2) is 10.3. The number of terminal acetylenes is 2. The van der Waals surface area contributed by atoms with Crippen molar-refractivity contribution in [2.75, 3.05) is 7.11 Å². The van der Waals surface area contributed by atoms with Gasteiger partial charge in [0.25, 0.3) is 0 Å². The molecular weight excluding hydrogens is 400 g/mol. The normalized spacial score (nSPS) is 12.0. The van der Waals surface area contributed by atoms with Gasteiger partial charge >= 0.3 is 5.97 Å². The summed E-state index contributed by atoms with van der Waals surface area (Å²) in [4.78, 5) is 12.0. The van der Waals surface area contributed by atoms with Crippen molar-refractivity contribution in [3.8, 4) is 36.5 Å². The second-order valence-electron chi connectivity index (χ2n) is 7.14. The molecule has 0 bridgehead atoms. The molecule has 2 N–H and O–H groups in total. The maximum atomic E-state index is 12.0. The van der Waals surface area contributed by atoms with E-state index in [0.29, 0.717) is 27.8 Å². The van der Waals surface area contributed by atoms with Gasteiger partial charge in [0, 0.05) is 24.0 Å². The van der Waals surface area contributed by atoms with Crippen LogP contribution in [0.15, 0.2) is 54.6 Å². The van der Waals surface area contributed by atoms with E-state index in [-0.39, 0.29) is 12.8 Å². The van der Waals surface area contributed by atoms with E-state index in [9.17, 15) is 15.0 Å². The predicted molar refractivity (Wildman–Crippen MR) is 125 cm³/mol. The summed E-state index contributed by atoms with van der Waals surface area (Å²) in [7, 11) is 1.30. The molecule has 3 aromatic carbocycles. The van der Waals surface area contributed by atoms with Gasteiger partial charge in [-0.15, -0.1) is 24.7 Å². The predicted octanol–water partition coefficient (Wildman–Crippen LogP) is 4.14. The molecule has 0 fully saturated rings. The Morgan fingerprint density at radius 2 is 1.59 bits per heavy atom. The molecule has 4 nitrogen and oxygen atoms in total. The molecule has 0 spiro atoms. The number of benzene rings is 3. The maximum absolute atomic E-state index is 12.0. The Balaban J connectivity index is 2.22. The minimum Gasteiger partial charge on any atom is -0.465 e. The third-order valence-corrected chi connectivity index (χ3v) is 5.10. The molecule has 0 aromatic heterocycles. The van der Waals surface area contributed by atoms with E-state index in [1.165, 1.54) is 7.11 Å². The summed E-state index contributed by atoms with van der Waals surface area (Å²) in [6.45, 7) is 0. The van der Waals surface area contributed by atoms with Gasteiger partial charge < -0.3 is 14.9 Å². The third-order valence-electron chi connectivity index (χ3n) is 5.10. The number of methoxy groups -OCH3 is 1. The smallest absolute Gasteiger partial charge is 0.337 e. The largest absolute Gasteiger partial charge is 0.465 e. The van der Waals surface area contributed by atoms with E-state index < -0.39 is 18.2 Å². The minimum absolute atomic E-state index is 0.104. The Kier molecular flexibility index (Phi) is 7.33. The van der Waals surface area contributed by atoms with Crippen LogP contribution in [-0.2, 0) is 4.74 Å². The van der Waals surface area contributed by atoms with Crippen LogP contribution in [0.5, 0.6) is 0 Å². The number of carbonyl (C=O) groups is 1. The lowest BCUT2D eigenvalue weighted by Crippen LogP contribution is -2.05. The first-order valence-corrected chi connectivity index (χ1v) is 9.99. The van der Waals surface area contributed by atoms with E-state index in [0.717, 1.165) is 10.8 Å². The van der Waals surface area contributed by atoms with Crippen molar-refractivity contribution < 1.29 is 19.7 Å². The molecule has 3 rings (SSSR count). The summed E-state index contributed by atoms with van der Waals surface area (Å²) in [5, 5.41) is 22.9. The topological polar surface area (TPSA) is 66.8 Å². The molecule has 0 aliphatic carbocycles. The van der Waals surface area contributed by atoms with Crippen molar-refractivity contribution in [2.24, 2.45) is 0 Å². The Morgan fingerprint density at radius 3 is 2.28 bits per heavy atom. The molecule has 0 radical (unpaired) electrons. The average Bonchev–Trinajstić information content (AvgIpc) is 2.81. The molecule has 0 aliphatic heterocycles. The molecule has 3 aromatic rings. The first kappa shape index (κ1) is 22.7. The fourth-order valence-electron chi connectivity index (χ4n) is 3.48. The van der Waals surface area contributed by atoms with Crippen LogP contribution in [0.25, 0.3) is 10.8 Å². The van der Waals surface area contributed by atoms with Crippen molar-refractivity contribution in [3.63, 3.8) is 0 Å². The molecule has 4 heteroatoms. The highest BCUT2D eigenvalue weighted by atomic mass is 16.5. The lowest BCUT2D eigenvalue weighted by Gasteiger charge is -2.14.